The van der Waals surface area contributed by atoms with Crippen molar-refractivity contribution in [3.8, 4) is 0 Å². The molecule has 2 aliphatic rings. The zero-order valence-corrected chi connectivity index (χ0v) is 29.9. The molecule has 0 spiro atoms. The molecule has 1 saturated carbocycles. The van der Waals surface area contributed by atoms with Crippen molar-refractivity contribution in [3.63, 3.8) is 0 Å². The first-order valence-electron chi connectivity index (χ1n) is 15.1. The van der Waals surface area contributed by atoms with Crippen LogP contribution in [0.4, 0.5) is 9.18 Å². The number of halogens is 1. The van der Waals surface area contributed by atoms with Gasteiger partial charge in [0.15, 0.2) is 9.84 Å². The Bertz CT molecular complexity index is 1300. The van der Waals surface area contributed by atoms with Gasteiger partial charge in [0.25, 0.3) is 0 Å². The second kappa shape index (κ2) is 20.3. The molecule has 252 valence electrons. The number of sulfonamides is 1. The molecule has 0 aromatic heterocycles. The van der Waals surface area contributed by atoms with Crippen LogP contribution in [0.15, 0.2) is 77.6 Å². The number of amides is 1. The predicted molar refractivity (Wildman–Crippen MR) is 181 cm³/mol. The van der Waals surface area contributed by atoms with Crippen molar-refractivity contribution in [1.29, 1.82) is 0 Å². The molecule has 1 heterocycles. The Morgan fingerprint density at radius 3 is 1.98 bits per heavy atom. The van der Waals surface area contributed by atoms with E-state index >= 15 is 0 Å². The van der Waals surface area contributed by atoms with Gasteiger partial charge >= 0.3 is 6.09 Å². The summed E-state index contributed by atoms with van der Waals surface area (Å²) in [6.45, 7) is 29.8. The molecule has 3 rings (SSSR count). The van der Waals surface area contributed by atoms with Gasteiger partial charge < -0.3 is 10.1 Å². The van der Waals surface area contributed by atoms with Gasteiger partial charge in [0.1, 0.15) is 16.3 Å². The van der Waals surface area contributed by atoms with Crippen LogP contribution in [0.1, 0.15) is 69.2 Å². The fraction of sp³-hybridized carbons (Fsp3) is 0.545. The fourth-order valence-corrected chi connectivity index (χ4v) is 6.82. The summed E-state index contributed by atoms with van der Waals surface area (Å²) in [5.41, 5.74) is -0.0760. The topological polar surface area (TPSA) is 110 Å². The Balaban J connectivity index is 0. The number of piperidine rings is 1. The average molecular weight is 659 g/mol. The van der Waals surface area contributed by atoms with E-state index in [1.165, 1.54) is 40.7 Å². The number of nitrogens with one attached hydrogen (secondary N) is 1. The molecule has 2 fully saturated rings. The number of benzene rings is 1. The number of ether oxygens (including phenoxy) is 1. The zero-order chi connectivity index (χ0) is 34.9. The first kappa shape index (κ1) is 43.4. The van der Waals surface area contributed by atoms with Gasteiger partial charge in [-0.25, -0.2) is 26.0 Å². The van der Waals surface area contributed by atoms with E-state index < -0.39 is 43.1 Å². The lowest BCUT2D eigenvalue weighted by molar-refractivity contribution is 0.0523. The highest BCUT2D eigenvalue weighted by Crippen LogP contribution is 2.52. The summed E-state index contributed by atoms with van der Waals surface area (Å²) in [5, 5.41) is 2.75. The fourth-order valence-electron chi connectivity index (χ4n) is 4.20. The quantitative estimate of drug-likeness (QED) is 0.217. The molecule has 2 atom stereocenters. The van der Waals surface area contributed by atoms with Crippen molar-refractivity contribution in [2.75, 3.05) is 25.4 Å². The van der Waals surface area contributed by atoms with E-state index in [1.54, 1.807) is 27.7 Å². The molecule has 11 heteroatoms. The number of allylic oxidation sites excluding steroid dienone is 3. The van der Waals surface area contributed by atoms with Crippen molar-refractivity contribution in [1.82, 2.24) is 9.62 Å². The molecule has 1 amide bonds. The molecule has 1 aliphatic heterocycles. The number of hydrogen-bond donors (Lipinski definition) is 1. The van der Waals surface area contributed by atoms with Crippen LogP contribution in [0.5, 0.6) is 0 Å². The van der Waals surface area contributed by atoms with Crippen molar-refractivity contribution in [2.45, 2.75) is 79.7 Å². The Kier molecular flexibility index (Phi) is 20.0. The molecule has 1 aliphatic carbocycles. The van der Waals surface area contributed by atoms with Crippen LogP contribution in [-0.4, -0.2) is 58.2 Å². The zero-order valence-electron chi connectivity index (χ0n) is 28.3. The number of nitrogens with zero attached hydrogens (tertiary/aromatic N) is 1. The molecule has 1 N–H and O–H groups in total. The normalized spacial score (nSPS) is 19.2. The Morgan fingerprint density at radius 1 is 1.00 bits per heavy atom. The number of hydrogen-bond acceptors (Lipinski definition) is 6. The molecule has 8 nitrogen and oxygen atoms in total. The van der Waals surface area contributed by atoms with Gasteiger partial charge in [-0.1, -0.05) is 78.0 Å². The maximum atomic E-state index is 13.8. The summed E-state index contributed by atoms with van der Waals surface area (Å²) in [6, 6.07) is 5.15. The van der Waals surface area contributed by atoms with Gasteiger partial charge in [0.05, 0.1) is 10.7 Å². The summed E-state index contributed by atoms with van der Waals surface area (Å²) < 4.78 is 71.0. The van der Waals surface area contributed by atoms with Crippen molar-refractivity contribution >= 4 is 26.0 Å². The largest absolute Gasteiger partial charge is 0.444 e. The Morgan fingerprint density at radius 2 is 1.50 bits per heavy atom. The number of alkyl carbamates (subject to hydrolysis) is 1. The number of fused-ring (bicyclic) bond motifs is 1. The van der Waals surface area contributed by atoms with E-state index in [-0.39, 0.29) is 27.6 Å². The smallest absolute Gasteiger partial charge is 0.407 e. The molecule has 1 aromatic rings. The highest BCUT2D eigenvalue weighted by atomic mass is 32.2. The van der Waals surface area contributed by atoms with Crippen molar-refractivity contribution in [3.05, 3.63) is 78.5 Å². The van der Waals surface area contributed by atoms with Crippen LogP contribution in [0, 0.1) is 23.6 Å². The van der Waals surface area contributed by atoms with Crippen LogP contribution >= 0.6 is 0 Å². The van der Waals surface area contributed by atoms with Gasteiger partial charge in [-0.3, -0.25) is 0 Å². The lowest BCUT2D eigenvalue weighted by atomic mass is 10.2. The van der Waals surface area contributed by atoms with Gasteiger partial charge in [-0.05, 0) is 63.7 Å². The lowest BCUT2D eigenvalue weighted by Crippen LogP contribution is -2.36. The van der Waals surface area contributed by atoms with E-state index in [9.17, 15) is 26.0 Å². The Labute approximate surface area is 267 Å². The monoisotopic (exact) mass is 658 g/mol. The predicted octanol–water partition coefficient (Wildman–Crippen LogP) is 7.53. The van der Waals surface area contributed by atoms with Gasteiger partial charge in [0.2, 0.25) is 10.0 Å². The molecular formula is C33H55FN2O6S2. The minimum atomic E-state index is -3.86. The molecule has 1 aromatic carbocycles. The first-order chi connectivity index (χ1) is 20.6. The summed E-state index contributed by atoms with van der Waals surface area (Å²) >= 11 is 0. The SMILES string of the molecule is C=C.C=C(/C=C\C(C)=C/CS(=O)(=O)c1ccccc1F)S(=O)(=O)N1CC2C(CNC(=O)OC(C)(C)C)C2C1.CC.CC.CC. The van der Waals surface area contributed by atoms with E-state index in [0.717, 1.165) is 6.07 Å². The third-order valence-corrected chi connectivity index (χ3v) is 9.60. The van der Waals surface area contributed by atoms with Crippen molar-refractivity contribution < 1.29 is 30.8 Å². The van der Waals surface area contributed by atoms with Crippen LogP contribution in [-0.2, 0) is 24.6 Å². The van der Waals surface area contributed by atoms with Crippen LogP contribution in [0.25, 0.3) is 0 Å². The van der Waals surface area contributed by atoms with Crippen LogP contribution < -0.4 is 5.32 Å². The molecule has 2 unspecified atom stereocenters. The van der Waals surface area contributed by atoms with Gasteiger partial charge in [-0.15, -0.1) is 13.2 Å². The summed E-state index contributed by atoms with van der Waals surface area (Å²) in [6.07, 6.45) is 3.72. The minimum absolute atomic E-state index is 0.100. The number of carbonyl (C=O) groups excluding carboxylic acids is 1. The average Bonchev–Trinajstić information content (AvgIpc) is 3.44. The second-order valence-electron chi connectivity index (χ2n) is 10.2. The number of rotatable bonds is 9. The minimum Gasteiger partial charge on any atom is -0.444 e. The van der Waals surface area contributed by atoms with E-state index in [4.69, 9.17) is 4.74 Å². The summed E-state index contributed by atoms with van der Waals surface area (Å²) in [5.74, 6) is -0.662. The summed E-state index contributed by atoms with van der Waals surface area (Å²) in [4.78, 5) is 11.3. The first-order valence-corrected chi connectivity index (χ1v) is 18.2. The highest BCUT2D eigenvalue weighted by Gasteiger charge is 2.57. The highest BCUT2D eigenvalue weighted by molar-refractivity contribution is 7.93. The standard InChI is InChI=1S/C25H33FN2O6S2.3C2H6.C2H4/c1-17(12-13-35(30,31)23-9-7-6-8-22(23)26)10-11-18(2)36(32,33)28-15-20-19(21(20)16-28)14-27-24(29)34-25(3,4)5;4*1-2/h6-12,19-21H,2,13-16H2,1,3-5H3,(H,27,29);3*1-2H3;1-2H2/b11-10-,17-12-;;;;. The van der Waals surface area contributed by atoms with Crippen LogP contribution in [0.3, 0.4) is 0 Å². The molecule has 1 saturated heterocycles. The maximum absolute atomic E-state index is 13.8. The van der Waals surface area contributed by atoms with E-state index in [0.29, 0.717) is 25.2 Å². The Hall–Kier alpha value is -2.76. The second-order valence-corrected chi connectivity index (χ2v) is 14.1. The molecule has 0 radical (unpaired) electrons. The summed E-state index contributed by atoms with van der Waals surface area (Å²) in [7, 11) is -7.62. The van der Waals surface area contributed by atoms with Gasteiger partial charge in [0, 0.05) is 19.6 Å². The van der Waals surface area contributed by atoms with Crippen molar-refractivity contribution in [2.24, 2.45) is 17.8 Å². The third-order valence-electron chi connectivity index (χ3n) is 6.22. The number of carbonyl (C=O) groups is 1. The van der Waals surface area contributed by atoms with E-state index in [1.807, 2.05) is 41.5 Å². The molecular weight excluding hydrogens is 604 g/mol. The van der Waals surface area contributed by atoms with Crippen LogP contribution in [0.2, 0.25) is 0 Å². The molecule has 0 bridgehead atoms. The number of sulfone groups is 1. The third kappa shape index (κ3) is 13.5. The maximum Gasteiger partial charge on any atom is 0.407 e. The molecule has 44 heavy (non-hydrogen) atoms. The van der Waals surface area contributed by atoms with Gasteiger partial charge in [-0.2, -0.15) is 4.31 Å². The van der Waals surface area contributed by atoms with E-state index in [2.05, 4.69) is 25.1 Å². The lowest BCUT2D eigenvalue weighted by Gasteiger charge is -2.21.